The lowest BCUT2D eigenvalue weighted by Crippen LogP contribution is -2.42. The highest BCUT2D eigenvalue weighted by molar-refractivity contribution is 6.30. The van der Waals surface area contributed by atoms with E-state index in [0.717, 1.165) is 42.8 Å². The van der Waals surface area contributed by atoms with Crippen molar-refractivity contribution in [3.8, 4) is 0 Å². The second kappa shape index (κ2) is 10.5. The summed E-state index contributed by atoms with van der Waals surface area (Å²) in [5.74, 6) is -0.706. The van der Waals surface area contributed by atoms with Crippen LogP contribution in [0.15, 0.2) is 43.0 Å². The minimum Gasteiger partial charge on any atom is -0.459 e. The molecule has 1 fully saturated rings. The van der Waals surface area contributed by atoms with E-state index in [-0.39, 0.29) is 23.1 Å². The Labute approximate surface area is 195 Å². The number of piperidine rings is 1. The van der Waals surface area contributed by atoms with Gasteiger partial charge in [0.15, 0.2) is 0 Å². The Kier molecular flexibility index (Phi) is 7.96. The molecule has 3 rings (SSSR count). The molecular weight excluding hydrogens is 427 g/mol. The lowest BCUT2D eigenvalue weighted by Gasteiger charge is -2.37. The van der Waals surface area contributed by atoms with Crippen LogP contribution in [0.4, 0.5) is 4.39 Å². The highest BCUT2D eigenvalue weighted by Crippen LogP contribution is 2.28. The van der Waals surface area contributed by atoms with Crippen LogP contribution in [0, 0.1) is 12.7 Å². The molecule has 0 aliphatic carbocycles. The van der Waals surface area contributed by atoms with E-state index in [4.69, 9.17) is 16.3 Å². The Morgan fingerprint density at radius 3 is 2.41 bits per heavy atom. The summed E-state index contributed by atoms with van der Waals surface area (Å²) in [6.07, 6.45) is 1.83. The van der Waals surface area contributed by atoms with Crippen molar-refractivity contribution in [3.05, 3.63) is 76.1 Å². The molecule has 1 aliphatic heterocycles. The molecule has 0 amide bonds. The zero-order chi connectivity index (χ0) is 23.4. The third-order valence-electron chi connectivity index (χ3n) is 6.02. The van der Waals surface area contributed by atoms with E-state index in [1.165, 1.54) is 11.6 Å². The van der Waals surface area contributed by atoms with Gasteiger partial charge in [0.25, 0.3) is 0 Å². The molecule has 2 aromatic carbocycles. The lowest BCUT2D eigenvalue weighted by atomic mass is 9.96. The first-order valence-electron chi connectivity index (χ1n) is 11.1. The van der Waals surface area contributed by atoms with Crippen molar-refractivity contribution in [1.82, 2.24) is 10.2 Å². The number of rotatable bonds is 7. The number of carbonyl (C=O) groups is 1. The van der Waals surface area contributed by atoms with Crippen molar-refractivity contribution in [1.29, 1.82) is 0 Å². The maximum atomic E-state index is 13.4. The summed E-state index contributed by atoms with van der Waals surface area (Å²) in [4.78, 5) is 14.6. The van der Waals surface area contributed by atoms with Crippen molar-refractivity contribution in [3.63, 3.8) is 0 Å². The van der Waals surface area contributed by atoms with E-state index in [0.29, 0.717) is 11.6 Å². The molecule has 0 saturated carbocycles. The van der Waals surface area contributed by atoms with E-state index in [1.54, 1.807) is 12.1 Å². The normalized spacial score (nSPS) is 16.1. The van der Waals surface area contributed by atoms with Crippen LogP contribution < -0.4 is 5.32 Å². The van der Waals surface area contributed by atoms with Crippen molar-refractivity contribution in [2.75, 3.05) is 13.1 Å². The van der Waals surface area contributed by atoms with Gasteiger partial charge in [0.1, 0.15) is 5.82 Å². The molecule has 6 heteroatoms. The number of hydrogen-bond acceptors (Lipinski definition) is 4. The molecule has 0 aromatic heterocycles. The summed E-state index contributed by atoms with van der Waals surface area (Å²) in [7, 11) is 0. The molecule has 1 heterocycles. The van der Waals surface area contributed by atoms with Gasteiger partial charge in [0.05, 0.1) is 16.7 Å². The summed E-state index contributed by atoms with van der Waals surface area (Å²) >= 11 is 5.90. The fourth-order valence-electron chi connectivity index (χ4n) is 4.19. The van der Waals surface area contributed by atoms with Gasteiger partial charge in [-0.1, -0.05) is 24.2 Å². The maximum absolute atomic E-state index is 13.4. The highest BCUT2D eigenvalue weighted by atomic mass is 35.5. The summed E-state index contributed by atoms with van der Waals surface area (Å²) in [5.41, 5.74) is 4.48. The van der Waals surface area contributed by atoms with E-state index >= 15 is 0 Å². The van der Waals surface area contributed by atoms with Crippen molar-refractivity contribution < 1.29 is 13.9 Å². The topological polar surface area (TPSA) is 41.6 Å². The van der Waals surface area contributed by atoms with Gasteiger partial charge < -0.3 is 10.1 Å². The summed E-state index contributed by atoms with van der Waals surface area (Å²) in [6, 6.07) is 11.0. The molecule has 0 bridgehead atoms. The summed E-state index contributed by atoms with van der Waals surface area (Å²) in [5, 5.41) is 3.58. The minimum absolute atomic E-state index is 0.105. The Balaban J connectivity index is 1.57. The van der Waals surface area contributed by atoms with E-state index in [1.807, 2.05) is 39.0 Å². The van der Waals surface area contributed by atoms with Crippen LogP contribution in [-0.2, 0) is 4.74 Å². The van der Waals surface area contributed by atoms with Gasteiger partial charge in [-0.15, -0.1) is 0 Å². The number of benzene rings is 2. The minimum atomic E-state index is -0.425. The number of halogens is 2. The number of ether oxygens (including phenoxy) is 1. The van der Waals surface area contributed by atoms with Crippen LogP contribution in [0.3, 0.4) is 0 Å². The largest absolute Gasteiger partial charge is 0.459 e. The number of nitrogens with one attached hydrogen (secondary N) is 1. The van der Waals surface area contributed by atoms with Crippen molar-refractivity contribution in [2.24, 2.45) is 0 Å². The van der Waals surface area contributed by atoms with Gasteiger partial charge in [-0.2, -0.15) is 0 Å². The first-order chi connectivity index (χ1) is 15.2. The first-order valence-corrected chi connectivity index (χ1v) is 11.5. The van der Waals surface area contributed by atoms with Crippen LogP contribution in [-0.4, -0.2) is 36.1 Å². The molecule has 4 nitrogen and oxygen atoms in total. The summed E-state index contributed by atoms with van der Waals surface area (Å²) < 4.78 is 18.7. The molecule has 1 aliphatic rings. The zero-order valence-electron chi connectivity index (χ0n) is 19.3. The van der Waals surface area contributed by atoms with E-state index < -0.39 is 5.82 Å². The average molecular weight is 459 g/mol. The van der Waals surface area contributed by atoms with Crippen LogP contribution in [0.25, 0.3) is 5.70 Å². The Morgan fingerprint density at radius 2 is 1.81 bits per heavy atom. The molecular formula is C26H32ClFN2O2. The van der Waals surface area contributed by atoms with E-state index in [2.05, 4.69) is 23.7 Å². The number of hydrogen-bond donors (Lipinski definition) is 1. The van der Waals surface area contributed by atoms with Gasteiger partial charge in [-0.25, -0.2) is 9.18 Å². The predicted molar refractivity (Wildman–Crippen MR) is 128 cm³/mol. The van der Waals surface area contributed by atoms with Crippen LogP contribution >= 0.6 is 11.6 Å². The van der Waals surface area contributed by atoms with Gasteiger partial charge in [0, 0.05) is 30.9 Å². The maximum Gasteiger partial charge on any atom is 0.338 e. The molecule has 1 N–H and O–H groups in total. The van der Waals surface area contributed by atoms with Gasteiger partial charge in [-0.05, 0) is 87.6 Å². The highest BCUT2D eigenvalue weighted by Gasteiger charge is 2.25. The third kappa shape index (κ3) is 5.90. The van der Waals surface area contributed by atoms with Gasteiger partial charge >= 0.3 is 5.97 Å². The Bertz CT molecular complexity index is 984. The molecule has 0 radical (unpaired) electrons. The van der Waals surface area contributed by atoms with Crippen LogP contribution in [0.5, 0.6) is 0 Å². The SMILES string of the molecule is C=C(NC1CCN(C(C)c2ccc(C(=O)OC(C)C)cc2C)CC1)c1ccc(F)c(Cl)c1. The second-order valence-corrected chi connectivity index (χ2v) is 9.17. The molecule has 1 atom stereocenters. The standard InChI is InChI=1S/C26H32ClFN2O2/c1-16(2)32-26(31)21-6-8-23(17(3)14-21)19(5)30-12-10-22(11-13-30)29-18(4)20-7-9-25(28)24(27)15-20/h6-9,14-16,19,22,29H,4,10-13H2,1-3,5H3. The Hall–Kier alpha value is -2.37. The smallest absolute Gasteiger partial charge is 0.338 e. The molecule has 1 saturated heterocycles. The molecule has 32 heavy (non-hydrogen) atoms. The third-order valence-corrected chi connectivity index (χ3v) is 6.31. The van der Waals surface area contributed by atoms with E-state index in [9.17, 15) is 9.18 Å². The van der Waals surface area contributed by atoms with Gasteiger partial charge in [-0.3, -0.25) is 4.90 Å². The molecule has 2 aromatic rings. The lowest BCUT2D eigenvalue weighted by molar-refractivity contribution is 0.0377. The number of nitrogens with zero attached hydrogens (tertiary/aromatic N) is 1. The monoisotopic (exact) mass is 458 g/mol. The second-order valence-electron chi connectivity index (χ2n) is 8.76. The summed E-state index contributed by atoms with van der Waals surface area (Å²) in [6.45, 7) is 14.0. The molecule has 0 spiro atoms. The molecule has 1 unspecified atom stereocenters. The average Bonchev–Trinajstić information content (AvgIpc) is 2.75. The molecule has 172 valence electrons. The van der Waals surface area contributed by atoms with Gasteiger partial charge in [0.2, 0.25) is 0 Å². The number of likely N-dealkylation sites (tertiary alicyclic amines) is 1. The van der Waals surface area contributed by atoms with Crippen LogP contribution in [0.2, 0.25) is 5.02 Å². The quantitative estimate of drug-likeness (QED) is 0.506. The predicted octanol–water partition coefficient (Wildman–Crippen LogP) is 6.14. The first kappa shape index (κ1) is 24.3. The fourth-order valence-corrected chi connectivity index (χ4v) is 4.38. The fraction of sp³-hybridized carbons (Fsp3) is 0.423. The van der Waals surface area contributed by atoms with Crippen molar-refractivity contribution >= 4 is 23.3 Å². The Morgan fingerprint density at radius 1 is 1.16 bits per heavy atom. The zero-order valence-corrected chi connectivity index (χ0v) is 20.0. The number of carbonyl (C=O) groups excluding carboxylic acids is 1. The van der Waals surface area contributed by atoms with Crippen LogP contribution in [0.1, 0.15) is 66.7 Å². The number of aryl methyl sites for hydroxylation is 1. The van der Waals surface area contributed by atoms with Crippen molar-refractivity contribution in [2.45, 2.75) is 58.7 Å². The number of esters is 1.